The number of aromatic hydroxyl groups is 1. The van der Waals surface area contributed by atoms with Crippen LogP contribution in [0.4, 0.5) is 5.69 Å². The largest absolute Gasteiger partial charge is 0.504 e. The molecule has 0 aliphatic heterocycles. The van der Waals surface area contributed by atoms with Gasteiger partial charge in [-0.15, -0.1) is 10.5 Å². The number of phenols is 1. The van der Waals surface area contributed by atoms with Gasteiger partial charge in [0.15, 0.2) is 11.5 Å². The van der Waals surface area contributed by atoms with Crippen molar-refractivity contribution in [3.05, 3.63) is 27.8 Å². The van der Waals surface area contributed by atoms with E-state index in [-0.39, 0.29) is 27.9 Å². The second kappa shape index (κ2) is 5.77. The highest BCUT2D eigenvalue weighted by Crippen LogP contribution is 2.32. The van der Waals surface area contributed by atoms with Gasteiger partial charge in [0.25, 0.3) is 5.69 Å². The smallest absolute Gasteiger partial charge is 0.274 e. The molecule has 18 heavy (non-hydrogen) atoms. The average molecular weight is 271 g/mol. The quantitative estimate of drug-likeness (QED) is 0.229. The molecule has 5 N–H and O–H groups in total. The summed E-state index contributed by atoms with van der Waals surface area (Å²) in [4.78, 5) is 10.1. The highest BCUT2D eigenvalue weighted by atomic mass is 32.1. The number of hydrazine groups is 1. The Kier molecular flexibility index (Phi) is 4.38. The van der Waals surface area contributed by atoms with Crippen molar-refractivity contribution in [3.63, 3.8) is 0 Å². The van der Waals surface area contributed by atoms with Crippen LogP contribution in [0.2, 0.25) is 0 Å². The fourth-order valence-corrected chi connectivity index (χ4v) is 1.23. The van der Waals surface area contributed by atoms with Crippen molar-refractivity contribution in [1.29, 1.82) is 0 Å². The second-order valence-corrected chi connectivity index (χ2v) is 3.56. The van der Waals surface area contributed by atoms with Gasteiger partial charge >= 0.3 is 0 Å². The van der Waals surface area contributed by atoms with Gasteiger partial charge in [-0.2, -0.15) is 0 Å². The first kappa shape index (κ1) is 13.6. The summed E-state index contributed by atoms with van der Waals surface area (Å²) in [6.07, 6.45) is 1.27. The summed E-state index contributed by atoms with van der Waals surface area (Å²) in [7, 11) is 1.29. The van der Waals surface area contributed by atoms with Crippen LogP contribution in [0.15, 0.2) is 12.1 Å². The van der Waals surface area contributed by atoms with Gasteiger partial charge in [-0.3, -0.25) is 10.1 Å². The Hall–Kier alpha value is -2.42. The number of nitro groups is 1. The van der Waals surface area contributed by atoms with Crippen LogP contribution in [-0.2, 0) is 0 Å². The van der Waals surface area contributed by atoms with E-state index in [0.29, 0.717) is 0 Å². The normalized spacial score (nSPS) is 10.3. The first-order valence-electron chi connectivity index (χ1n) is 4.65. The van der Waals surface area contributed by atoms with E-state index < -0.39 is 4.92 Å². The lowest BCUT2D eigenvalue weighted by atomic mass is 10.2. The SMILES string of the molecule is COc1cc([N+](=O)[O-])cc(/C=[NH+]/NC(N)=S)c1O. The van der Waals surface area contributed by atoms with Crippen molar-refractivity contribution < 1.29 is 19.9 Å². The van der Waals surface area contributed by atoms with Crippen LogP contribution in [0.1, 0.15) is 5.56 Å². The summed E-state index contributed by atoms with van der Waals surface area (Å²) >= 11 is 4.55. The van der Waals surface area contributed by atoms with Crippen LogP contribution in [0.25, 0.3) is 0 Å². The summed E-state index contributed by atoms with van der Waals surface area (Å²) in [6, 6.07) is 2.29. The number of benzene rings is 1. The van der Waals surface area contributed by atoms with Gasteiger partial charge in [0.1, 0.15) is 0 Å². The average Bonchev–Trinajstić information content (AvgIpc) is 2.30. The third kappa shape index (κ3) is 3.28. The summed E-state index contributed by atoms with van der Waals surface area (Å²) in [6.45, 7) is 0. The van der Waals surface area contributed by atoms with Crippen molar-refractivity contribution in [3.8, 4) is 11.5 Å². The summed E-state index contributed by atoms with van der Waals surface area (Å²) in [5, 5.41) is 22.9. The predicted octanol–water partition coefficient (Wildman–Crippen LogP) is -1.44. The van der Waals surface area contributed by atoms with Gasteiger partial charge in [-0.25, -0.2) is 0 Å². The zero-order chi connectivity index (χ0) is 13.7. The van der Waals surface area contributed by atoms with Crippen LogP contribution >= 0.6 is 12.2 Å². The third-order valence-electron chi connectivity index (χ3n) is 1.94. The Labute approximate surface area is 107 Å². The number of nitrogens with one attached hydrogen (secondary N) is 2. The third-order valence-corrected chi connectivity index (χ3v) is 2.05. The maximum Gasteiger partial charge on any atom is 0.274 e. The molecule has 0 unspecified atom stereocenters. The number of hydrogen-bond donors (Lipinski definition) is 4. The molecule has 9 heteroatoms. The van der Waals surface area contributed by atoms with Crippen molar-refractivity contribution in [2.75, 3.05) is 7.11 Å². The number of rotatable bonds is 4. The van der Waals surface area contributed by atoms with E-state index in [9.17, 15) is 15.2 Å². The lowest BCUT2D eigenvalue weighted by molar-refractivity contribution is -0.499. The lowest BCUT2D eigenvalue weighted by Gasteiger charge is -2.04. The number of nitro benzene ring substituents is 1. The number of non-ortho nitro benzene ring substituents is 1. The molecular formula is C9H11N4O4S+. The van der Waals surface area contributed by atoms with Gasteiger partial charge in [0, 0.05) is 6.07 Å². The molecule has 0 fully saturated rings. The first-order chi connectivity index (χ1) is 8.45. The Morgan fingerprint density at radius 1 is 1.72 bits per heavy atom. The molecule has 1 rings (SSSR count). The topological polar surface area (TPSA) is 125 Å². The molecule has 96 valence electrons. The minimum Gasteiger partial charge on any atom is -0.504 e. The van der Waals surface area contributed by atoms with E-state index in [4.69, 9.17) is 10.5 Å². The molecule has 0 atom stereocenters. The number of nitrogens with two attached hydrogens (primary N) is 1. The summed E-state index contributed by atoms with van der Waals surface area (Å²) in [5.74, 6) is -0.243. The Morgan fingerprint density at radius 3 is 2.89 bits per heavy atom. The molecule has 1 aromatic carbocycles. The van der Waals surface area contributed by atoms with Gasteiger partial charge < -0.3 is 15.6 Å². The maximum absolute atomic E-state index is 10.7. The molecule has 0 heterocycles. The van der Waals surface area contributed by atoms with Gasteiger partial charge in [0.05, 0.1) is 23.7 Å². The molecule has 0 aromatic heterocycles. The van der Waals surface area contributed by atoms with Crippen LogP contribution < -0.4 is 21.0 Å². The van der Waals surface area contributed by atoms with Crippen molar-refractivity contribution in [2.24, 2.45) is 5.73 Å². The summed E-state index contributed by atoms with van der Waals surface area (Å²) in [5.41, 5.74) is 7.50. The van der Waals surface area contributed by atoms with E-state index in [0.717, 1.165) is 6.07 Å². The molecule has 0 radical (unpaired) electrons. The van der Waals surface area contributed by atoms with Crippen molar-refractivity contribution >= 4 is 29.2 Å². The Balaban J connectivity index is 3.16. The van der Waals surface area contributed by atoms with E-state index in [1.165, 1.54) is 19.4 Å². The molecule has 0 aliphatic rings. The number of nitrogens with zero attached hydrogens (tertiary/aromatic N) is 1. The molecular weight excluding hydrogens is 260 g/mol. The Morgan fingerprint density at radius 2 is 2.39 bits per heavy atom. The van der Waals surface area contributed by atoms with E-state index in [1.54, 1.807) is 0 Å². The van der Waals surface area contributed by atoms with Crippen LogP contribution in [0.3, 0.4) is 0 Å². The summed E-state index contributed by atoms with van der Waals surface area (Å²) < 4.78 is 4.83. The fraction of sp³-hybridized carbons (Fsp3) is 0.111. The van der Waals surface area contributed by atoms with Gasteiger partial charge in [0.2, 0.25) is 11.3 Å². The zero-order valence-electron chi connectivity index (χ0n) is 9.34. The molecule has 0 aliphatic carbocycles. The standard InChI is InChI=1S/C9H10N4O4S/c1-17-7-3-6(13(15)16)2-5(8(7)14)4-11-12-9(10)18/h2-4,14H,1H3,(H3,10,12,18)/p+1/b11-4+. The monoisotopic (exact) mass is 271 g/mol. The van der Waals surface area contributed by atoms with Crippen LogP contribution in [-0.4, -0.2) is 28.5 Å². The number of thiocarbonyl (C=S) groups is 1. The molecule has 8 nitrogen and oxygen atoms in total. The lowest BCUT2D eigenvalue weighted by Crippen LogP contribution is -2.82. The maximum atomic E-state index is 10.7. The number of phenolic OH excluding ortho intramolecular Hbond substituents is 1. The van der Waals surface area contributed by atoms with Crippen molar-refractivity contribution in [1.82, 2.24) is 5.43 Å². The highest BCUT2D eigenvalue weighted by molar-refractivity contribution is 7.80. The van der Waals surface area contributed by atoms with E-state index in [2.05, 4.69) is 22.7 Å². The van der Waals surface area contributed by atoms with Crippen LogP contribution in [0, 0.1) is 10.1 Å². The van der Waals surface area contributed by atoms with Crippen molar-refractivity contribution in [2.45, 2.75) is 0 Å². The number of ether oxygens (including phenoxy) is 1. The number of methoxy groups -OCH3 is 1. The molecule has 0 amide bonds. The minimum absolute atomic E-state index is 0.00687. The Bertz CT molecular complexity index is 518. The van der Waals surface area contributed by atoms with E-state index >= 15 is 0 Å². The highest BCUT2D eigenvalue weighted by Gasteiger charge is 2.17. The molecule has 1 aromatic rings. The molecule has 0 saturated carbocycles. The van der Waals surface area contributed by atoms with E-state index in [1.807, 2.05) is 0 Å². The minimum atomic E-state index is -0.597. The second-order valence-electron chi connectivity index (χ2n) is 3.12. The number of hydrogen-bond acceptors (Lipinski definition) is 5. The number of hydrazone groups is 1. The molecule has 0 spiro atoms. The van der Waals surface area contributed by atoms with Crippen LogP contribution in [0.5, 0.6) is 11.5 Å². The van der Waals surface area contributed by atoms with Gasteiger partial charge in [-0.1, -0.05) is 0 Å². The molecule has 0 bridgehead atoms. The fourth-order valence-electron chi connectivity index (χ4n) is 1.17. The zero-order valence-corrected chi connectivity index (χ0v) is 10.2. The van der Waals surface area contributed by atoms with Gasteiger partial charge in [-0.05, 0) is 12.2 Å². The molecule has 0 saturated heterocycles. The predicted molar refractivity (Wildman–Crippen MR) is 67.4 cm³/mol. The first-order valence-corrected chi connectivity index (χ1v) is 5.06.